The number of nitrogens with one attached hydrogen (secondary N) is 1. The van der Waals surface area contributed by atoms with Gasteiger partial charge in [-0.1, -0.05) is 18.2 Å². The van der Waals surface area contributed by atoms with Gasteiger partial charge in [0.05, 0.1) is 6.10 Å². The van der Waals surface area contributed by atoms with Crippen molar-refractivity contribution in [3.8, 4) is 0 Å². The highest BCUT2D eigenvalue weighted by molar-refractivity contribution is 5.42. The number of benzene rings is 1. The normalized spacial score (nSPS) is 12.8. The van der Waals surface area contributed by atoms with E-state index < -0.39 is 13.0 Å². The van der Waals surface area contributed by atoms with Crippen LogP contribution in [0.25, 0.3) is 0 Å². The summed E-state index contributed by atoms with van der Waals surface area (Å²) in [6.45, 7) is 1.78. The molecule has 1 aromatic rings. The van der Waals surface area contributed by atoms with Crippen molar-refractivity contribution in [1.29, 1.82) is 0 Å². The third-order valence-corrected chi connectivity index (χ3v) is 1.87. The molecular weight excluding hydrogens is 200 g/mol. The van der Waals surface area contributed by atoms with Crippen molar-refractivity contribution in [2.45, 2.75) is 19.5 Å². The van der Waals surface area contributed by atoms with Crippen molar-refractivity contribution < 1.29 is 13.5 Å². The second-order valence-corrected chi connectivity index (χ2v) is 3.28. The molecule has 1 N–H and O–H groups in total. The Hall–Kier alpha value is -1.16. The van der Waals surface area contributed by atoms with E-state index in [0.29, 0.717) is 6.54 Å². The lowest BCUT2D eigenvalue weighted by atomic mass is 10.3. The van der Waals surface area contributed by atoms with Crippen molar-refractivity contribution in [2.24, 2.45) is 0 Å². The Morgan fingerprint density at radius 1 is 1.27 bits per heavy atom. The monoisotopic (exact) mass is 215 g/mol. The zero-order valence-corrected chi connectivity index (χ0v) is 8.62. The Kier molecular flexibility index (Phi) is 5.04. The highest BCUT2D eigenvalue weighted by Crippen LogP contribution is 2.05. The largest absolute Gasteiger partial charge is 0.382 e. The van der Waals surface area contributed by atoms with Gasteiger partial charge in [0.25, 0.3) is 6.43 Å². The Morgan fingerprint density at radius 2 is 1.93 bits per heavy atom. The summed E-state index contributed by atoms with van der Waals surface area (Å²) in [6.07, 6.45) is -2.62. The minimum atomic E-state index is -2.40. The maximum absolute atomic E-state index is 11.8. The van der Waals surface area contributed by atoms with Crippen LogP contribution in [0, 0.1) is 0 Å². The average Bonchev–Trinajstić information content (AvgIpc) is 2.25. The quantitative estimate of drug-likeness (QED) is 0.787. The zero-order valence-electron chi connectivity index (χ0n) is 8.62. The molecular formula is C11H15F2NO. The van der Waals surface area contributed by atoms with Crippen LogP contribution in [0.1, 0.15) is 6.92 Å². The van der Waals surface area contributed by atoms with Gasteiger partial charge < -0.3 is 10.1 Å². The fourth-order valence-corrected chi connectivity index (χ4v) is 1.11. The number of hydrogen-bond donors (Lipinski definition) is 1. The molecule has 0 aliphatic carbocycles. The number of halogens is 2. The molecule has 0 bridgehead atoms. The summed E-state index contributed by atoms with van der Waals surface area (Å²) in [5, 5.41) is 3.10. The molecule has 84 valence electrons. The number of ether oxygens (including phenoxy) is 1. The van der Waals surface area contributed by atoms with Gasteiger partial charge in [-0.2, -0.15) is 0 Å². The molecule has 4 heteroatoms. The van der Waals surface area contributed by atoms with E-state index in [2.05, 4.69) is 5.32 Å². The van der Waals surface area contributed by atoms with Crippen LogP contribution in [0.5, 0.6) is 0 Å². The standard InChI is InChI=1S/C11H15F2NO/c1-9(15-8-11(12)13)7-14-10-5-3-2-4-6-10/h2-6,9,11,14H,7-8H2,1H3. The lowest BCUT2D eigenvalue weighted by Crippen LogP contribution is -2.22. The number of rotatable bonds is 6. The van der Waals surface area contributed by atoms with E-state index in [1.807, 2.05) is 30.3 Å². The van der Waals surface area contributed by atoms with Crippen molar-refractivity contribution in [2.75, 3.05) is 18.5 Å². The summed E-state index contributed by atoms with van der Waals surface area (Å²) in [7, 11) is 0. The summed E-state index contributed by atoms with van der Waals surface area (Å²) < 4.78 is 28.5. The maximum Gasteiger partial charge on any atom is 0.261 e. The first-order valence-electron chi connectivity index (χ1n) is 4.87. The second kappa shape index (κ2) is 6.35. The van der Waals surface area contributed by atoms with Crippen LogP contribution >= 0.6 is 0 Å². The number of hydrogen-bond acceptors (Lipinski definition) is 2. The summed E-state index contributed by atoms with van der Waals surface area (Å²) in [5.74, 6) is 0. The minimum Gasteiger partial charge on any atom is -0.382 e. The first kappa shape index (κ1) is 11.9. The van der Waals surface area contributed by atoms with Crippen molar-refractivity contribution in [1.82, 2.24) is 0 Å². The van der Waals surface area contributed by atoms with Crippen molar-refractivity contribution in [3.05, 3.63) is 30.3 Å². The first-order chi connectivity index (χ1) is 7.18. The van der Waals surface area contributed by atoms with Crippen molar-refractivity contribution >= 4 is 5.69 Å². The van der Waals surface area contributed by atoms with Crippen LogP contribution in [0.2, 0.25) is 0 Å². The van der Waals surface area contributed by atoms with E-state index in [4.69, 9.17) is 4.74 Å². The van der Waals surface area contributed by atoms with Gasteiger partial charge in [0, 0.05) is 12.2 Å². The number of alkyl halides is 2. The van der Waals surface area contributed by atoms with Gasteiger partial charge in [-0.3, -0.25) is 0 Å². The molecule has 0 amide bonds. The van der Waals surface area contributed by atoms with Gasteiger partial charge >= 0.3 is 0 Å². The van der Waals surface area contributed by atoms with E-state index in [9.17, 15) is 8.78 Å². The molecule has 0 aliphatic rings. The van der Waals surface area contributed by atoms with Gasteiger partial charge in [0.1, 0.15) is 6.61 Å². The van der Waals surface area contributed by atoms with E-state index >= 15 is 0 Å². The summed E-state index contributed by atoms with van der Waals surface area (Å²) in [4.78, 5) is 0. The van der Waals surface area contributed by atoms with E-state index in [0.717, 1.165) is 5.69 Å². The predicted molar refractivity (Wildman–Crippen MR) is 56.3 cm³/mol. The van der Waals surface area contributed by atoms with Gasteiger partial charge in [0.15, 0.2) is 0 Å². The van der Waals surface area contributed by atoms with Crippen LogP contribution in [-0.4, -0.2) is 25.7 Å². The van der Waals surface area contributed by atoms with Gasteiger partial charge in [-0.15, -0.1) is 0 Å². The highest BCUT2D eigenvalue weighted by Gasteiger charge is 2.07. The number of para-hydroxylation sites is 1. The first-order valence-corrected chi connectivity index (χ1v) is 4.87. The molecule has 1 aromatic carbocycles. The van der Waals surface area contributed by atoms with E-state index in [-0.39, 0.29) is 6.10 Å². The molecule has 1 rings (SSSR count). The molecule has 2 nitrogen and oxygen atoms in total. The molecule has 0 heterocycles. The topological polar surface area (TPSA) is 21.3 Å². The fraction of sp³-hybridized carbons (Fsp3) is 0.455. The molecule has 15 heavy (non-hydrogen) atoms. The van der Waals surface area contributed by atoms with Crippen LogP contribution in [0.4, 0.5) is 14.5 Å². The maximum atomic E-state index is 11.8. The summed E-state index contributed by atoms with van der Waals surface area (Å²) >= 11 is 0. The molecule has 1 unspecified atom stereocenters. The van der Waals surface area contributed by atoms with Crippen molar-refractivity contribution in [3.63, 3.8) is 0 Å². The lowest BCUT2D eigenvalue weighted by Gasteiger charge is -2.14. The molecule has 0 aromatic heterocycles. The van der Waals surface area contributed by atoms with Gasteiger partial charge in [0.2, 0.25) is 0 Å². The third kappa shape index (κ3) is 5.32. The molecule has 1 atom stereocenters. The van der Waals surface area contributed by atoms with Crippen LogP contribution in [0.15, 0.2) is 30.3 Å². The average molecular weight is 215 g/mol. The van der Waals surface area contributed by atoms with E-state index in [1.54, 1.807) is 6.92 Å². The van der Waals surface area contributed by atoms with Gasteiger partial charge in [-0.25, -0.2) is 8.78 Å². The second-order valence-electron chi connectivity index (χ2n) is 3.28. The molecule has 0 aliphatic heterocycles. The number of anilines is 1. The zero-order chi connectivity index (χ0) is 11.1. The van der Waals surface area contributed by atoms with Gasteiger partial charge in [-0.05, 0) is 19.1 Å². The highest BCUT2D eigenvalue weighted by atomic mass is 19.3. The Bertz CT molecular complexity index is 267. The van der Waals surface area contributed by atoms with E-state index in [1.165, 1.54) is 0 Å². The molecule has 0 saturated heterocycles. The molecule has 0 spiro atoms. The summed E-state index contributed by atoms with van der Waals surface area (Å²) in [5.41, 5.74) is 0.963. The smallest absolute Gasteiger partial charge is 0.261 e. The van der Waals surface area contributed by atoms with Crippen LogP contribution in [-0.2, 0) is 4.74 Å². The molecule has 0 radical (unpaired) electrons. The molecule has 0 saturated carbocycles. The molecule has 0 fully saturated rings. The Balaban J connectivity index is 2.19. The van der Waals surface area contributed by atoms with Crippen LogP contribution < -0.4 is 5.32 Å². The predicted octanol–water partition coefficient (Wildman–Crippen LogP) is 2.77. The SMILES string of the molecule is CC(CNc1ccccc1)OCC(F)F. The van der Waals surface area contributed by atoms with Crippen LogP contribution in [0.3, 0.4) is 0 Å². The Labute approximate surface area is 88.3 Å². The fourth-order valence-electron chi connectivity index (χ4n) is 1.11. The third-order valence-electron chi connectivity index (χ3n) is 1.87. The lowest BCUT2D eigenvalue weighted by molar-refractivity contribution is -0.0123. The minimum absolute atomic E-state index is 0.223. The summed E-state index contributed by atoms with van der Waals surface area (Å²) in [6, 6.07) is 9.57. The Morgan fingerprint density at radius 3 is 2.53 bits per heavy atom.